The highest BCUT2D eigenvalue weighted by Crippen LogP contribution is 2.32. The Balaban J connectivity index is 1.22. The molecule has 0 aliphatic rings. The summed E-state index contributed by atoms with van der Waals surface area (Å²) in [7, 11) is 0. The molecule has 2 aromatic heterocycles. The molecule has 0 atom stereocenters. The second kappa shape index (κ2) is 9.59. The van der Waals surface area contributed by atoms with Gasteiger partial charge in [-0.25, -0.2) is 4.68 Å². The van der Waals surface area contributed by atoms with E-state index in [1.165, 1.54) is 15.5 Å². The van der Waals surface area contributed by atoms with Gasteiger partial charge in [0.15, 0.2) is 24.0 Å². The first-order valence-corrected chi connectivity index (χ1v) is 11.2. The number of carbonyl (C=O) groups is 1. The Bertz CT molecular complexity index is 1450. The van der Waals surface area contributed by atoms with Gasteiger partial charge in [-0.3, -0.25) is 9.48 Å². The number of fused-ring (bicyclic) bond motifs is 1. The molecule has 0 aliphatic carbocycles. The number of carbonyl (C=O) groups excluding carboxylic acids is 1. The van der Waals surface area contributed by atoms with Crippen LogP contribution in [0.25, 0.3) is 10.8 Å². The number of benzene rings is 3. The topological polar surface area (TPSA) is 74.0 Å². The lowest BCUT2D eigenvalue weighted by atomic mass is 10.0. The summed E-state index contributed by atoms with van der Waals surface area (Å²) in [5, 5.41) is 14.7. The SMILES string of the molecule is O=C(Nc1ccn(Cc2cccc3ccccc23)n1)c1ccn(COc2c(Cl)cccc2Cl)n1. The predicted octanol–water partition coefficient (Wildman–Crippen LogP) is 5.88. The van der Waals surface area contributed by atoms with Crippen LogP contribution in [0, 0.1) is 0 Å². The van der Waals surface area contributed by atoms with Gasteiger partial charge in [-0.1, -0.05) is 71.7 Å². The maximum Gasteiger partial charge on any atom is 0.277 e. The molecule has 170 valence electrons. The van der Waals surface area contributed by atoms with E-state index in [0.29, 0.717) is 28.2 Å². The minimum atomic E-state index is -0.370. The number of hydrogen-bond acceptors (Lipinski definition) is 4. The van der Waals surface area contributed by atoms with E-state index < -0.39 is 0 Å². The standard InChI is InChI=1S/C25H19Cl2N5O2/c26-20-9-4-10-21(27)24(20)34-16-32-13-11-22(29-32)25(33)28-23-12-14-31(30-23)15-18-7-3-6-17-5-1-2-8-19(17)18/h1-14H,15-16H2,(H,28,30,33). The van der Waals surface area contributed by atoms with Gasteiger partial charge in [-0.2, -0.15) is 10.2 Å². The van der Waals surface area contributed by atoms with Gasteiger partial charge in [0, 0.05) is 18.5 Å². The molecule has 9 heteroatoms. The van der Waals surface area contributed by atoms with E-state index in [9.17, 15) is 4.79 Å². The summed E-state index contributed by atoms with van der Waals surface area (Å²) < 4.78 is 8.91. The Kier molecular flexibility index (Phi) is 6.20. The van der Waals surface area contributed by atoms with Crippen LogP contribution in [-0.4, -0.2) is 25.5 Å². The van der Waals surface area contributed by atoms with Crippen molar-refractivity contribution in [2.75, 3.05) is 5.32 Å². The first-order chi connectivity index (χ1) is 16.6. The van der Waals surface area contributed by atoms with Gasteiger partial charge in [0.25, 0.3) is 5.91 Å². The third-order valence-electron chi connectivity index (χ3n) is 5.23. The van der Waals surface area contributed by atoms with E-state index in [0.717, 1.165) is 5.56 Å². The molecule has 7 nitrogen and oxygen atoms in total. The number of rotatable bonds is 7. The summed E-state index contributed by atoms with van der Waals surface area (Å²) in [6, 6.07) is 22.9. The first-order valence-electron chi connectivity index (χ1n) is 10.5. The van der Waals surface area contributed by atoms with Crippen molar-refractivity contribution in [3.8, 4) is 5.75 Å². The fraction of sp³-hybridized carbons (Fsp3) is 0.0800. The molecule has 34 heavy (non-hydrogen) atoms. The molecule has 5 aromatic rings. The van der Waals surface area contributed by atoms with E-state index in [-0.39, 0.29) is 18.3 Å². The van der Waals surface area contributed by atoms with E-state index in [1.807, 2.05) is 24.4 Å². The van der Waals surface area contributed by atoms with Crippen LogP contribution < -0.4 is 10.1 Å². The molecular weight excluding hydrogens is 473 g/mol. The minimum absolute atomic E-state index is 0.0520. The maximum atomic E-state index is 12.6. The van der Waals surface area contributed by atoms with Crippen molar-refractivity contribution in [2.45, 2.75) is 13.3 Å². The molecule has 0 saturated carbocycles. The maximum absolute atomic E-state index is 12.6. The van der Waals surface area contributed by atoms with Crippen LogP contribution in [0.15, 0.2) is 85.2 Å². The Morgan fingerprint density at radius 1 is 0.853 bits per heavy atom. The molecule has 0 spiro atoms. The van der Waals surface area contributed by atoms with Crippen molar-refractivity contribution in [3.63, 3.8) is 0 Å². The van der Waals surface area contributed by atoms with Gasteiger partial charge in [0.2, 0.25) is 0 Å². The van der Waals surface area contributed by atoms with Crippen LogP contribution in [0.3, 0.4) is 0 Å². The number of ether oxygens (including phenoxy) is 1. The van der Waals surface area contributed by atoms with Gasteiger partial charge in [0.1, 0.15) is 0 Å². The molecule has 0 fully saturated rings. The molecule has 1 N–H and O–H groups in total. The molecule has 2 heterocycles. The number of aromatic nitrogens is 4. The van der Waals surface area contributed by atoms with Crippen molar-refractivity contribution in [3.05, 3.63) is 106 Å². The highest BCUT2D eigenvalue weighted by Gasteiger charge is 2.13. The van der Waals surface area contributed by atoms with Gasteiger partial charge in [-0.15, -0.1) is 0 Å². The first kappa shape index (κ1) is 22.0. The van der Waals surface area contributed by atoms with Crippen molar-refractivity contribution in [1.82, 2.24) is 19.6 Å². The van der Waals surface area contributed by atoms with Crippen molar-refractivity contribution >= 4 is 45.7 Å². The van der Waals surface area contributed by atoms with E-state index >= 15 is 0 Å². The summed E-state index contributed by atoms with van der Waals surface area (Å²) in [5.41, 5.74) is 1.38. The van der Waals surface area contributed by atoms with Gasteiger partial charge >= 0.3 is 0 Å². The number of amides is 1. The average molecular weight is 492 g/mol. The van der Waals surface area contributed by atoms with Crippen molar-refractivity contribution in [2.24, 2.45) is 0 Å². The zero-order chi connectivity index (χ0) is 23.5. The number of para-hydroxylation sites is 1. The third-order valence-corrected chi connectivity index (χ3v) is 5.82. The lowest BCUT2D eigenvalue weighted by Gasteiger charge is -2.09. The van der Waals surface area contributed by atoms with Crippen LogP contribution in [0.5, 0.6) is 5.75 Å². The lowest BCUT2D eigenvalue weighted by Crippen LogP contribution is -2.15. The number of halogens is 2. The smallest absolute Gasteiger partial charge is 0.277 e. The third kappa shape index (κ3) is 4.76. The quantitative estimate of drug-likeness (QED) is 0.308. The van der Waals surface area contributed by atoms with E-state index in [2.05, 4.69) is 39.8 Å². The minimum Gasteiger partial charge on any atom is -0.468 e. The largest absolute Gasteiger partial charge is 0.468 e. The molecule has 1 amide bonds. The monoisotopic (exact) mass is 491 g/mol. The van der Waals surface area contributed by atoms with Crippen LogP contribution in [0.1, 0.15) is 16.1 Å². The number of hydrogen-bond donors (Lipinski definition) is 1. The summed E-state index contributed by atoms with van der Waals surface area (Å²) >= 11 is 12.2. The van der Waals surface area contributed by atoms with Crippen molar-refractivity contribution < 1.29 is 9.53 Å². The number of anilines is 1. The lowest BCUT2D eigenvalue weighted by molar-refractivity contribution is 0.101. The summed E-state index contributed by atoms with van der Waals surface area (Å²) in [6.07, 6.45) is 3.47. The molecular formula is C25H19Cl2N5O2. The van der Waals surface area contributed by atoms with Crippen LogP contribution >= 0.6 is 23.2 Å². The average Bonchev–Trinajstić information content (AvgIpc) is 3.49. The molecule has 5 rings (SSSR count). The molecule has 0 saturated heterocycles. The zero-order valence-electron chi connectivity index (χ0n) is 17.9. The molecule has 0 radical (unpaired) electrons. The summed E-state index contributed by atoms with van der Waals surface area (Å²) in [4.78, 5) is 12.6. The van der Waals surface area contributed by atoms with Crippen LogP contribution in [-0.2, 0) is 13.3 Å². The second-order valence-electron chi connectivity index (χ2n) is 7.56. The number of nitrogens with zero attached hydrogens (tertiary/aromatic N) is 4. The second-order valence-corrected chi connectivity index (χ2v) is 8.37. The molecule has 0 unspecified atom stereocenters. The van der Waals surface area contributed by atoms with Gasteiger partial charge in [-0.05, 0) is 34.5 Å². The van der Waals surface area contributed by atoms with Crippen LogP contribution in [0.2, 0.25) is 10.0 Å². The zero-order valence-corrected chi connectivity index (χ0v) is 19.4. The Morgan fingerprint density at radius 2 is 1.59 bits per heavy atom. The van der Waals surface area contributed by atoms with E-state index in [4.69, 9.17) is 27.9 Å². The van der Waals surface area contributed by atoms with Crippen molar-refractivity contribution in [1.29, 1.82) is 0 Å². The molecule has 0 aliphatic heterocycles. The Morgan fingerprint density at radius 3 is 2.44 bits per heavy atom. The van der Waals surface area contributed by atoms with Gasteiger partial charge < -0.3 is 10.1 Å². The fourth-order valence-corrected chi connectivity index (χ4v) is 4.11. The predicted molar refractivity (Wildman–Crippen MR) is 133 cm³/mol. The summed E-state index contributed by atoms with van der Waals surface area (Å²) in [6.45, 7) is 0.643. The number of nitrogens with one attached hydrogen (secondary N) is 1. The fourth-order valence-electron chi connectivity index (χ4n) is 3.61. The van der Waals surface area contributed by atoms with Gasteiger partial charge in [0.05, 0.1) is 16.6 Å². The van der Waals surface area contributed by atoms with E-state index in [1.54, 1.807) is 41.2 Å². The highest BCUT2D eigenvalue weighted by atomic mass is 35.5. The Labute approximate surface area is 205 Å². The molecule has 3 aromatic carbocycles. The molecule has 0 bridgehead atoms. The normalized spacial score (nSPS) is 11.0. The summed E-state index contributed by atoms with van der Waals surface area (Å²) in [5.74, 6) is 0.438. The highest BCUT2D eigenvalue weighted by molar-refractivity contribution is 6.37. The van der Waals surface area contributed by atoms with Crippen LogP contribution in [0.4, 0.5) is 5.82 Å². The Hall–Kier alpha value is -3.81.